The van der Waals surface area contributed by atoms with Crippen molar-refractivity contribution in [2.75, 3.05) is 0 Å². The van der Waals surface area contributed by atoms with Crippen LogP contribution in [0.4, 0.5) is 4.39 Å². The van der Waals surface area contributed by atoms with Crippen molar-refractivity contribution in [2.24, 2.45) is 0 Å². The zero-order chi connectivity index (χ0) is 13.4. The molecule has 0 aliphatic rings. The summed E-state index contributed by atoms with van der Waals surface area (Å²) in [6.45, 7) is 0. The lowest BCUT2D eigenvalue weighted by atomic mass is 10.2. The molecule has 0 amide bonds. The molecule has 2 nitrogen and oxygen atoms in total. The highest BCUT2D eigenvalue weighted by molar-refractivity contribution is 6.31. The van der Waals surface area contributed by atoms with E-state index in [1.165, 1.54) is 6.07 Å². The van der Waals surface area contributed by atoms with Crippen molar-refractivity contribution in [1.82, 2.24) is 4.57 Å². The van der Waals surface area contributed by atoms with Crippen LogP contribution in [0.5, 0.6) is 0 Å². The van der Waals surface area contributed by atoms with Crippen molar-refractivity contribution < 1.29 is 9.18 Å². The first-order valence-corrected chi connectivity index (χ1v) is 6.09. The molecule has 0 spiro atoms. The second kappa shape index (κ2) is 4.52. The number of benzene rings is 2. The van der Waals surface area contributed by atoms with E-state index in [0.29, 0.717) is 21.7 Å². The molecule has 0 atom stereocenters. The monoisotopic (exact) mass is 273 g/mol. The molecule has 19 heavy (non-hydrogen) atoms. The molecule has 1 aromatic heterocycles. The maximum absolute atomic E-state index is 13.9. The Morgan fingerprint density at radius 1 is 1.16 bits per heavy atom. The third-order valence-corrected chi connectivity index (χ3v) is 3.27. The van der Waals surface area contributed by atoms with Gasteiger partial charge in [0.15, 0.2) is 6.29 Å². The van der Waals surface area contributed by atoms with Gasteiger partial charge in [-0.1, -0.05) is 23.7 Å². The number of aldehydes is 1. The van der Waals surface area contributed by atoms with E-state index < -0.39 is 0 Å². The molecule has 0 fully saturated rings. The van der Waals surface area contributed by atoms with Gasteiger partial charge in [0.05, 0.1) is 11.2 Å². The van der Waals surface area contributed by atoms with Crippen molar-refractivity contribution in [1.29, 1.82) is 0 Å². The molecule has 0 aliphatic heterocycles. The molecule has 0 saturated carbocycles. The Kier molecular flexibility index (Phi) is 2.84. The van der Waals surface area contributed by atoms with Crippen LogP contribution in [0.15, 0.2) is 48.7 Å². The third kappa shape index (κ3) is 1.92. The number of hydrogen-bond acceptors (Lipinski definition) is 1. The Balaban J connectivity index is 2.37. The summed E-state index contributed by atoms with van der Waals surface area (Å²) in [6, 6.07) is 11.6. The van der Waals surface area contributed by atoms with Crippen molar-refractivity contribution in [3.63, 3.8) is 0 Å². The van der Waals surface area contributed by atoms with Crippen LogP contribution in [0.25, 0.3) is 16.6 Å². The van der Waals surface area contributed by atoms with Gasteiger partial charge in [0.1, 0.15) is 5.82 Å². The van der Waals surface area contributed by atoms with E-state index in [1.807, 2.05) is 0 Å². The Morgan fingerprint density at radius 2 is 1.95 bits per heavy atom. The summed E-state index contributed by atoms with van der Waals surface area (Å²) in [7, 11) is 0. The standard InChI is InChI=1S/C15H9ClFNO/c16-11-5-6-14-12(7-11)10(9-19)8-18(14)15-4-2-1-3-13(15)17/h1-9H. The Bertz CT molecular complexity index is 779. The minimum Gasteiger partial charge on any atom is -0.313 e. The van der Waals surface area contributed by atoms with Gasteiger partial charge < -0.3 is 4.57 Å². The van der Waals surface area contributed by atoms with Gasteiger partial charge in [0.25, 0.3) is 0 Å². The summed E-state index contributed by atoms with van der Waals surface area (Å²) in [5, 5.41) is 1.26. The zero-order valence-electron chi connectivity index (χ0n) is 9.81. The molecule has 0 aliphatic carbocycles. The SMILES string of the molecule is O=Cc1cn(-c2ccccc2F)c2ccc(Cl)cc12. The molecule has 0 N–H and O–H groups in total. The van der Waals surface area contributed by atoms with Crippen molar-refractivity contribution in [3.8, 4) is 5.69 Å². The van der Waals surface area contributed by atoms with E-state index in [-0.39, 0.29) is 5.82 Å². The molecular weight excluding hydrogens is 265 g/mol. The fraction of sp³-hybridized carbons (Fsp3) is 0. The van der Waals surface area contributed by atoms with E-state index >= 15 is 0 Å². The molecular formula is C15H9ClFNO. The van der Waals surface area contributed by atoms with Crippen LogP contribution >= 0.6 is 11.6 Å². The highest BCUT2D eigenvalue weighted by Crippen LogP contribution is 2.27. The summed E-state index contributed by atoms with van der Waals surface area (Å²) in [5.74, 6) is -0.341. The molecule has 0 unspecified atom stereocenters. The summed E-state index contributed by atoms with van der Waals surface area (Å²) >= 11 is 5.93. The second-order valence-corrected chi connectivity index (χ2v) is 4.62. The quantitative estimate of drug-likeness (QED) is 0.640. The third-order valence-electron chi connectivity index (χ3n) is 3.04. The number of hydrogen-bond donors (Lipinski definition) is 0. The van der Waals surface area contributed by atoms with Crippen molar-refractivity contribution in [2.45, 2.75) is 0 Å². The summed E-state index contributed by atoms with van der Waals surface area (Å²) in [5.41, 5.74) is 1.64. The van der Waals surface area contributed by atoms with Crippen LogP contribution in [0.2, 0.25) is 5.02 Å². The summed E-state index contributed by atoms with van der Waals surface area (Å²) in [4.78, 5) is 11.1. The first-order chi connectivity index (χ1) is 9.20. The van der Waals surface area contributed by atoms with Crippen LogP contribution in [-0.2, 0) is 0 Å². The molecule has 1 heterocycles. The lowest BCUT2D eigenvalue weighted by molar-refractivity contribution is 0.112. The zero-order valence-corrected chi connectivity index (χ0v) is 10.6. The number of carbonyl (C=O) groups excluding carboxylic acids is 1. The molecule has 0 radical (unpaired) electrons. The number of halogens is 2. The maximum Gasteiger partial charge on any atom is 0.152 e. The lowest BCUT2D eigenvalue weighted by Gasteiger charge is -2.06. The number of para-hydroxylation sites is 1. The van der Waals surface area contributed by atoms with E-state index in [9.17, 15) is 9.18 Å². The number of aromatic nitrogens is 1. The van der Waals surface area contributed by atoms with Crippen LogP contribution in [0.1, 0.15) is 10.4 Å². The Labute approximate surface area is 114 Å². The topological polar surface area (TPSA) is 22.0 Å². The average molecular weight is 274 g/mol. The summed E-state index contributed by atoms with van der Waals surface area (Å²) in [6.07, 6.45) is 2.36. The number of fused-ring (bicyclic) bond motifs is 1. The van der Waals surface area contributed by atoms with Gasteiger partial charge in [-0.25, -0.2) is 4.39 Å². The largest absolute Gasteiger partial charge is 0.313 e. The number of nitrogens with zero attached hydrogens (tertiary/aromatic N) is 1. The highest BCUT2D eigenvalue weighted by Gasteiger charge is 2.12. The highest BCUT2D eigenvalue weighted by atomic mass is 35.5. The normalized spacial score (nSPS) is 10.8. The predicted molar refractivity (Wildman–Crippen MR) is 73.6 cm³/mol. The van der Waals surface area contributed by atoms with Gasteiger partial charge in [-0.2, -0.15) is 0 Å². The summed E-state index contributed by atoms with van der Waals surface area (Å²) < 4.78 is 15.5. The number of carbonyl (C=O) groups is 1. The fourth-order valence-electron chi connectivity index (χ4n) is 2.17. The van der Waals surface area contributed by atoms with Crippen molar-refractivity contribution >= 4 is 28.8 Å². The predicted octanol–water partition coefficient (Wildman–Crippen LogP) is 4.24. The fourth-order valence-corrected chi connectivity index (χ4v) is 2.34. The maximum atomic E-state index is 13.9. The van der Waals surface area contributed by atoms with Gasteiger partial charge in [0.2, 0.25) is 0 Å². The molecule has 0 bridgehead atoms. The average Bonchev–Trinajstić information content (AvgIpc) is 2.77. The smallest absolute Gasteiger partial charge is 0.152 e. The molecule has 0 saturated heterocycles. The Hall–Kier alpha value is -2.13. The van der Waals surface area contributed by atoms with Gasteiger partial charge in [0, 0.05) is 22.2 Å². The molecule has 94 valence electrons. The van der Waals surface area contributed by atoms with E-state index in [2.05, 4.69) is 0 Å². The molecule has 3 rings (SSSR count). The molecule has 3 aromatic rings. The molecule has 4 heteroatoms. The van der Waals surface area contributed by atoms with E-state index in [4.69, 9.17) is 11.6 Å². The second-order valence-electron chi connectivity index (χ2n) is 4.19. The first kappa shape index (κ1) is 11.9. The Morgan fingerprint density at radius 3 is 2.68 bits per heavy atom. The van der Waals surface area contributed by atoms with E-state index in [1.54, 1.807) is 47.2 Å². The van der Waals surface area contributed by atoms with E-state index in [0.717, 1.165) is 11.8 Å². The van der Waals surface area contributed by atoms with Crippen LogP contribution in [-0.4, -0.2) is 10.9 Å². The van der Waals surface area contributed by atoms with Gasteiger partial charge in [-0.3, -0.25) is 4.79 Å². The first-order valence-electron chi connectivity index (χ1n) is 5.71. The van der Waals surface area contributed by atoms with Crippen LogP contribution in [0.3, 0.4) is 0 Å². The minimum absolute atomic E-state index is 0.341. The van der Waals surface area contributed by atoms with Crippen molar-refractivity contribution in [3.05, 3.63) is 65.1 Å². The number of rotatable bonds is 2. The van der Waals surface area contributed by atoms with Crippen LogP contribution < -0.4 is 0 Å². The van der Waals surface area contributed by atoms with Gasteiger partial charge >= 0.3 is 0 Å². The minimum atomic E-state index is -0.341. The lowest BCUT2D eigenvalue weighted by Crippen LogP contribution is -1.95. The molecule has 2 aromatic carbocycles. The van der Waals surface area contributed by atoms with Gasteiger partial charge in [-0.15, -0.1) is 0 Å². The van der Waals surface area contributed by atoms with Crippen LogP contribution in [0, 0.1) is 5.82 Å². The van der Waals surface area contributed by atoms with Gasteiger partial charge in [-0.05, 0) is 30.3 Å².